The molecule has 1 saturated carbocycles. The van der Waals surface area contributed by atoms with E-state index in [0.717, 1.165) is 18.7 Å². The quantitative estimate of drug-likeness (QED) is 0.855. The van der Waals surface area contributed by atoms with E-state index in [2.05, 4.69) is 42.6 Å². The van der Waals surface area contributed by atoms with Gasteiger partial charge in [-0.3, -0.25) is 0 Å². The molecule has 0 aromatic heterocycles. The zero-order chi connectivity index (χ0) is 15.6. The Morgan fingerprint density at radius 2 is 1.86 bits per heavy atom. The second kappa shape index (κ2) is 5.93. The summed E-state index contributed by atoms with van der Waals surface area (Å²) in [5.74, 6) is -0.230. The summed E-state index contributed by atoms with van der Waals surface area (Å²) in [5, 5.41) is 12.4. The largest absolute Gasteiger partial charge is 0.478 e. The number of carbonyl (C=O) groups is 1. The van der Waals surface area contributed by atoms with Gasteiger partial charge in [0, 0.05) is 13.1 Å². The standard InChI is InChI=1S/C19H21NO2/c1-19(11-17(19)15-5-3-2-4-6-15)13-20-12-14-7-9-16(10-8-14)18(21)22/h2-10,17,20H,11-13H2,1H3,(H,21,22)/t17-,19-/m0/s1. The predicted octanol–water partition coefficient (Wildman–Crippen LogP) is 3.67. The predicted molar refractivity (Wildman–Crippen MR) is 87.0 cm³/mol. The summed E-state index contributed by atoms with van der Waals surface area (Å²) >= 11 is 0. The Morgan fingerprint density at radius 3 is 2.50 bits per heavy atom. The molecule has 3 nitrogen and oxygen atoms in total. The maximum atomic E-state index is 10.8. The Bertz CT molecular complexity index is 651. The van der Waals surface area contributed by atoms with Gasteiger partial charge in [-0.15, -0.1) is 0 Å². The Hall–Kier alpha value is -2.13. The van der Waals surface area contributed by atoms with Crippen molar-refractivity contribution in [2.45, 2.75) is 25.8 Å². The number of nitrogens with one attached hydrogen (secondary N) is 1. The minimum atomic E-state index is -0.879. The fraction of sp³-hybridized carbons (Fsp3) is 0.316. The molecule has 0 bridgehead atoms. The van der Waals surface area contributed by atoms with Crippen molar-refractivity contribution in [3.05, 3.63) is 71.3 Å². The number of rotatable bonds is 6. The molecule has 2 N–H and O–H groups in total. The Balaban J connectivity index is 1.50. The summed E-state index contributed by atoms with van der Waals surface area (Å²) in [6, 6.07) is 17.7. The SMILES string of the molecule is C[C@@]1(CNCc2ccc(C(=O)O)cc2)C[C@H]1c1ccccc1. The third kappa shape index (κ3) is 3.20. The van der Waals surface area contributed by atoms with E-state index < -0.39 is 5.97 Å². The van der Waals surface area contributed by atoms with E-state index in [1.807, 2.05) is 12.1 Å². The Labute approximate surface area is 131 Å². The maximum Gasteiger partial charge on any atom is 0.335 e. The summed E-state index contributed by atoms with van der Waals surface area (Å²) in [6.45, 7) is 4.08. The number of benzene rings is 2. The molecule has 0 saturated heterocycles. The van der Waals surface area contributed by atoms with Gasteiger partial charge in [0.25, 0.3) is 0 Å². The van der Waals surface area contributed by atoms with Crippen molar-refractivity contribution in [1.29, 1.82) is 0 Å². The molecule has 3 heteroatoms. The van der Waals surface area contributed by atoms with Crippen molar-refractivity contribution in [2.75, 3.05) is 6.54 Å². The van der Waals surface area contributed by atoms with Crippen LogP contribution in [0.25, 0.3) is 0 Å². The number of carboxylic acid groups (broad SMARTS) is 1. The second-order valence-corrected chi connectivity index (χ2v) is 6.43. The van der Waals surface area contributed by atoms with E-state index in [1.54, 1.807) is 12.1 Å². The van der Waals surface area contributed by atoms with Gasteiger partial charge >= 0.3 is 5.97 Å². The van der Waals surface area contributed by atoms with E-state index in [9.17, 15) is 4.79 Å². The van der Waals surface area contributed by atoms with Crippen LogP contribution in [-0.2, 0) is 6.54 Å². The first-order chi connectivity index (χ1) is 10.6. The van der Waals surface area contributed by atoms with E-state index in [4.69, 9.17) is 5.11 Å². The Kier molecular flexibility index (Phi) is 3.99. The van der Waals surface area contributed by atoms with Gasteiger partial charge in [0.05, 0.1) is 5.56 Å². The fourth-order valence-corrected chi connectivity index (χ4v) is 3.07. The van der Waals surface area contributed by atoms with Crippen LogP contribution in [0.1, 0.15) is 40.7 Å². The lowest BCUT2D eigenvalue weighted by molar-refractivity contribution is 0.0697. The average Bonchev–Trinajstić information content (AvgIpc) is 3.20. The highest BCUT2D eigenvalue weighted by molar-refractivity contribution is 5.87. The van der Waals surface area contributed by atoms with Gasteiger partial charge in [-0.05, 0) is 41.0 Å². The van der Waals surface area contributed by atoms with Crippen molar-refractivity contribution in [3.8, 4) is 0 Å². The van der Waals surface area contributed by atoms with E-state index in [-0.39, 0.29) is 0 Å². The van der Waals surface area contributed by atoms with Crippen molar-refractivity contribution in [1.82, 2.24) is 5.32 Å². The number of hydrogen-bond donors (Lipinski definition) is 2. The van der Waals surface area contributed by atoms with Crippen LogP contribution in [0.15, 0.2) is 54.6 Å². The van der Waals surface area contributed by atoms with Gasteiger partial charge in [0.1, 0.15) is 0 Å². The van der Waals surface area contributed by atoms with Crippen molar-refractivity contribution in [2.24, 2.45) is 5.41 Å². The summed E-state index contributed by atoms with van der Waals surface area (Å²) in [6.07, 6.45) is 1.22. The molecule has 0 amide bonds. The van der Waals surface area contributed by atoms with Crippen molar-refractivity contribution in [3.63, 3.8) is 0 Å². The van der Waals surface area contributed by atoms with E-state index in [0.29, 0.717) is 16.9 Å². The maximum absolute atomic E-state index is 10.8. The van der Waals surface area contributed by atoms with Crippen LogP contribution in [0.2, 0.25) is 0 Å². The molecule has 0 spiro atoms. The lowest BCUT2D eigenvalue weighted by atomic mass is 10.0. The molecule has 1 fully saturated rings. The Morgan fingerprint density at radius 1 is 1.18 bits per heavy atom. The van der Waals surface area contributed by atoms with Crippen LogP contribution in [-0.4, -0.2) is 17.6 Å². The van der Waals surface area contributed by atoms with Gasteiger partial charge in [-0.1, -0.05) is 49.4 Å². The molecule has 0 radical (unpaired) electrons. The molecule has 0 heterocycles. The second-order valence-electron chi connectivity index (χ2n) is 6.43. The normalized spacial score (nSPS) is 23.2. The minimum absolute atomic E-state index is 0.335. The van der Waals surface area contributed by atoms with E-state index in [1.165, 1.54) is 12.0 Å². The van der Waals surface area contributed by atoms with Crippen LogP contribution < -0.4 is 5.32 Å². The first kappa shape index (κ1) is 14.8. The van der Waals surface area contributed by atoms with Crippen LogP contribution in [0, 0.1) is 5.41 Å². The molecule has 3 rings (SSSR count). The molecular weight excluding hydrogens is 274 g/mol. The van der Waals surface area contributed by atoms with Gasteiger partial charge in [-0.25, -0.2) is 4.79 Å². The zero-order valence-electron chi connectivity index (χ0n) is 12.8. The summed E-state index contributed by atoms with van der Waals surface area (Å²) in [7, 11) is 0. The molecule has 0 unspecified atom stereocenters. The van der Waals surface area contributed by atoms with Crippen molar-refractivity contribution < 1.29 is 9.90 Å². The van der Waals surface area contributed by atoms with Crippen LogP contribution in [0.4, 0.5) is 0 Å². The van der Waals surface area contributed by atoms with Gasteiger partial charge in [-0.2, -0.15) is 0 Å². The number of aromatic carboxylic acids is 1. The smallest absolute Gasteiger partial charge is 0.335 e. The minimum Gasteiger partial charge on any atom is -0.478 e. The summed E-state index contributed by atoms with van der Waals surface area (Å²) in [5.41, 5.74) is 3.22. The molecule has 22 heavy (non-hydrogen) atoms. The van der Waals surface area contributed by atoms with Crippen LogP contribution >= 0.6 is 0 Å². The molecule has 2 aromatic carbocycles. The first-order valence-electron chi connectivity index (χ1n) is 7.66. The molecule has 114 valence electrons. The van der Waals surface area contributed by atoms with Gasteiger partial charge < -0.3 is 10.4 Å². The molecule has 2 atom stereocenters. The molecule has 2 aromatic rings. The number of carboxylic acids is 1. The molecule has 1 aliphatic carbocycles. The third-order valence-electron chi connectivity index (χ3n) is 4.61. The zero-order valence-corrected chi connectivity index (χ0v) is 12.8. The summed E-state index contributed by atoms with van der Waals surface area (Å²) in [4.78, 5) is 10.8. The lowest BCUT2D eigenvalue weighted by Crippen LogP contribution is -2.22. The number of hydrogen-bond acceptors (Lipinski definition) is 2. The molecule has 0 aliphatic heterocycles. The molecular formula is C19H21NO2. The van der Waals surface area contributed by atoms with Gasteiger partial charge in [0.15, 0.2) is 0 Å². The lowest BCUT2D eigenvalue weighted by Gasteiger charge is -2.13. The highest BCUT2D eigenvalue weighted by atomic mass is 16.4. The van der Waals surface area contributed by atoms with Crippen LogP contribution in [0.3, 0.4) is 0 Å². The first-order valence-corrected chi connectivity index (χ1v) is 7.66. The average molecular weight is 295 g/mol. The summed E-state index contributed by atoms with van der Waals surface area (Å²) < 4.78 is 0. The highest BCUT2D eigenvalue weighted by Crippen LogP contribution is 2.58. The molecule has 1 aliphatic rings. The van der Waals surface area contributed by atoms with Crippen molar-refractivity contribution >= 4 is 5.97 Å². The van der Waals surface area contributed by atoms with Crippen LogP contribution in [0.5, 0.6) is 0 Å². The third-order valence-corrected chi connectivity index (χ3v) is 4.61. The highest BCUT2D eigenvalue weighted by Gasteiger charge is 2.49. The van der Waals surface area contributed by atoms with E-state index >= 15 is 0 Å². The topological polar surface area (TPSA) is 49.3 Å². The van der Waals surface area contributed by atoms with Gasteiger partial charge in [0.2, 0.25) is 0 Å². The monoisotopic (exact) mass is 295 g/mol. The fourth-order valence-electron chi connectivity index (χ4n) is 3.07.